The third kappa shape index (κ3) is 5.25. The van der Waals surface area contributed by atoms with Crippen LogP contribution in [0.1, 0.15) is 16.7 Å². The molecule has 1 unspecified atom stereocenters. The van der Waals surface area contributed by atoms with Gasteiger partial charge in [0, 0.05) is 10.7 Å². The Bertz CT molecular complexity index is 1400. The highest BCUT2D eigenvalue weighted by atomic mass is 35.5. The first-order valence-electron chi connectivity index (χ1n) is 11.2. The number of nitrogens with zero attached hydrogens (tertiary/aromatic N) is 2. The molecule has 2 amide bonds. The molecule has 1 heterocycles. The molecule has 0 spiro atoms. The van der Waals surface area contributed by atoms with Gasteiger partial charge in [-0.05, 0) is 73.4 Å². The zero-order chi connectivity index (χ0) is 25.8. The second-order valence-electron chi connectivity index (χ2n) is 8.33. The maximum atomic E-state index is 13.7. The molecule has 0 radical (unpaired) electrons. The maximum Gasteiger partial charge on any atom is 0.269 e. The van der Waals surface area contributed by atoms with Crippen LogP contribution in [0.5, 0.6) is 5.75 Å². The van der Waals surface area contributed by atoms with E-state index in [4.69, 9.17) is 16.3 Å². The topological polar surface area (TPSA) is 82.4 Å². The van der Waals surface area contributed by atoms with Crippen LogP contribution in [-0.4, -0.2) is 24.2 Å². The highest BCUT2D eigenvalue weighted by Gasteiger charge is 2.41. The Morgan fingerprint density at radius 2 is 1.83 bits per heavy atom. The fourth-order valence-corrected chi connectivity index (χ4v) is 5.29. The second-order valence-corrected chi connectivity index (χ2v) is 9.95. The standard InChI is InChI=1S/C28H24ClN3O3S/c1-17-8-13-21(14-18(17)2)32-27(34)25(15-19-9-11-20(29)12-10-19)36-28(32)22(16-30)26(33)31-23-6-4-5-7-24(23)35-3/h4-14,25H,15H2,1-3H3,(H,31,33)/b28-22-. The van der Waals surface area contributed by atoms with Crippen molar-refractivity contribution in [1.82, 2.24) is 0 Å². The zero-order valence-electron chi connectivity index (χ0n) is 20.0. The maximum absolute atomic E-state index is 13.7. The van der Waals surface area contributed by atoms with Crippen LogP contribution >= 0.6 is 23.4 Å². The number of halogens is 1. The molecule has 1 aliphatic rings. The largest absolute Gasteiger partial charge is 0.495 e. The van der Waals surface area contributed by atoms with Gasteiger partial charge in [0.15, 0.2) is 0 Å². The Hall–Kier alpha value is -3.73. The summed E-state index contributed by atoms with van der Waals surface area (Å²) in [5, 5.41) is 13.2. The lowest BCUT2D eigenvalue weighted by Gasteiger charge is -2.20. The number of thioether (sulfide) groups is 1. The van der Waals surface area contributed by atoms with E-state index >= 15 is 0 Å². The molecule has 36 heavy (non-hydrogen) atoms. The van der Waals surface area contributed by atoms with E-state index in [-0.39, 0.29) is 11.5 Å². The van der Waals surface area contributed by atoms with Gasteiger partial charge >= 0.3 is 0 Å². The van der Waals surface area contributed by atoms with E-state index in [1.807, 2.05) is 50.2 Å². The van der Waals surface area contributed by atoms with Crippen molar-refractivity contribution in [3.63, 3.8) is 0 Å². The number of aryl methyl sites for hydroxylation is 2. The third-order valence-electron chi connectivity index (χ3n) is 5.94. The normalized spacial score (nSPS) is 16.5. The van der Waals surface area contributed by atoms with E-state index in [1.165, 1.54) is 23.8 Å². The molecular formula is C28H24ClN3O3S. The molecule has 0 bridgehead atoms. The molecule has 0 aliphatic carbocycles. The Morgan fingerprint density at radius 3 is 2.50 bits per heavy atom. The number of benzene rings is 3. The number of carbonyl (C=O) groups is 2. The van der Waals surface area contributed by atoms with E-state index in [0.29, 0.717) is 33.6 Å². The molecule has 6 nitrogen and oxygen atoms in total. The van der Waals surface area contributed by atoms with Gasteiger partial charge < -0.3 is 10.1 Å². The highest BCUT2D eigenvalue weighted by Crippen LogP contribution is 2.42. The van der Waals surface area contributed by atoms with Crippen LogP contribution in [-0.2, 0) is 16.0 Å². The summed E-state index contributed by atoms with van der Waals surface area (Å²) in [5.41, 5.74) is 3.92. The Morgan fingerprint density at radius 1 is 1.11 bits per heavy atom. The number of ether oxygens (including phenoxy) is 1. The average molecular weight is 518 g/mol. The van der Waals surface area contributed by atoms with Gasteiger partial charge in [0.2, 0.25) is 5.91 Å². The number of rotatable bonds is 6. The van der Waals surface area contributed by atoms with E-state index in [0.717, 1.165) is 16.7 Å². The fraction of sp³-hybridized carbons (Fsp3) is 0.179. The predicted octanol–water partition coefficient (Wildman–Crippen LogP) is 6.03. The predicted molar refractivity (Wildman–Crippen MR) is 144 cm³/mol. The summed E-state index contributed by atoms with van der Waals surface area (Å²) in [6.07, 6.45) is 0.429. The van der Waals surface area contributed by atoms with Gasteiger partial charge in [0.1, 0.15) is 22.4 Å². The Balaban J connectivity index is 1.75. The van der Waals surface area contributed by atoms with E-state index in [1.54, 1.807) is 36.4 Å². The SMILES string of the molecule is COc1ccccc1NC(=O)/C(C#N)=C1\SC(Cc2ccc(Cl)cc2)C(=O)N1c1ccc(C)c(C)c1. The summed E-state index contributed by atoms with van der Waals surface area (Å²) in [4.78, 5) is 28.4. The summed E-state index contributed by atoms with van der Waals surface area (Å²) in [6, 6.07) is 21.9. The van der Waals surface area contributed by atoms with Gasteiger partial charge in [-0.25, -0.2) is 0 Å². The van der Waals surface area contributed by atoms with E-state index < -0.39 is 11.2 Å². The minimum absolute atomic E-state index is 0.143. The van der Waals surface area contributed by atoms with Crippen molar-refractivity contribution in [2.75, 3.05) is 17.3 Å². The number of hydrogen-bond donors (Lipinski definition) is 1. The van der Waals surface area contributed by atoms with Gasteiger partial charge in [-0.3, -0.25) is 14.5 Å². The van der Waals surface area contributed by atoms with Gasteiger partial charge in [-0.2, -0.15) is 5.26 Å². The summed E-state index contributed by atoms with van der Waals surface area (Å²) in [6.45, 7) is 3.95. The van der Waals surface area contributed by atoms with Crippen molar-refractivity contribution in [1.29, 1.82) is 5.26 Å². The first-order chi connectivity index (χ1) is 17.3. The van der Waals surface area contributed by atoms with E-state index in [2.05, 4.69) is 5.32 Å². The third-order valence-corrected chi connectivity index (χ3v) is 7.46. The van der Waals surface area contributed by atoms with Gasteiger partial charge in [0.25, 0.3) is 5.91 Å². The first-order valence-corrected chi connectivity index (χ1v) is 12.5. The Labute approximate surface area is 219 Å². The van der Waals surface area contributed by atoms with Crippen molar-refractivity contribution < 1.29 is 14.3 Å². The average Bonchev–Trinajstić information content (AvgIpc) is 3.18. The number of anilines is 2. The number of nitriles is 1. The lowest BCUT2D eigenvalue weighted by Crippen LogP contribution is -2.31. The molecule has 3 aromatic carbocycles. The van der Waals surface area contributed by atoms with Crippen molar-refractivity contribution in [3.05, 3.63) is 99.0 Å². The molecular weight excluding hydrogens is 494 g/mol. The lowest BCUT2D eigenvalue weighted by molar-refractivity contribution is -0.117. The van der Waals surface area contributed by atoms with Crippen LogP contribution in [0.2, 0.25) is 5.02 Å². The second kappa shape index (κ2) is 10.9. The number of hydrogen-bond acceptors (Lipinski definition) is 5. The summed E-state index contributed by atoms with van der Waals surface area (Å²) < 4.78 is 5.32. The molecule has 1 aliphatic heterocycles. The van der Waals surface area contributed by atoms with Crippen molar-refractivity contribution in [3.8, 4) is 11.8 Å². The van der Waals surface area contributed by atoms with Crippen molar-refractivity contribution >= 4 is 46.6 Å². The zero-order valence-corrected chi connectivity index (χ0v) is 21.6. The van der Waals surface area contributed by atoms with E-state index in [9.17, 15) is 14.9 Å². The lowest BCUT2D eigenvalue weighted by atomic mass is 10.1. The molecule has 4 rings (SSSR count). The minimum atomic E-state index is -0.613. The summed E-state index contributed by atoms with van der Waals surface area (Å²) in [7, 11) is 1.50. The van der Waals surface area contributed by atoms with Crippen LogP contribution in [0.25, 0.3) is 0 Å². The molecule has 1 atom stereocenters. The number of para-hydroxylation sites is 2. The first kappa shape index (κ1) is 25.4. The smallest absolute Gasteiger partial charge is 0.269 e. The van der Waals surface area contributed by atoms with Gasteiger partial charge in [0.05, 0.1) is 18.0 Å². The van der Waals surface area contributed by atoms with Crippen LogP contribution < -0.4 is 15.0 Å². The molecule has 0 saturated carbocycles. The van der Waals surface area contributed by atoms with Crippen LogP contribution in [0.3, 0.4) is 0 Å². The fourth-order valence-electron chi connectivity index (χ4n) is 3.85. The molecule has 8 heteroatoms. The van der Waals surface area contributed by atoms with Gasteiger partial charge in [-0.15, -0.1) is 0 Å². The number of methoxy groups -OCH3 is 1. The van der Waals surface area contributed by atoms with Gasteiger partial charge in [-0.1, -0.05) is 53.7 Å². The highest BCUT2D eigenvalue weighted by molar-refractivity contribution is 8.05. The number of amides is 2. The van der Waals surface area contributed by atoms with Crippen LogP contribution in [0.4, 0.5) is 11.4 Å². The minimum Gasteiger partial charge on any atom is -0.495 e. The molecule has 0 aromatic heterocycles. The number of carbonyl (C=O) groups excluding carboxylic acids is 2. The Kier molecular flexibility index (Phi) is 7.68. The van der Waals surface area contributed by atoms with Crippen LogP contribution in [0.15, 0.2) is 77.3 Å². The molecule has 182 valence electrons. The number of nitrogens with one attached hydrogen (secondary N) is 1. The molecule has 1 N–H and O–H groups in total. The monoisotopic (exact) mass is 517 g/mol. The summed E-state index contributed by atoms with van der Waals surface area (Å²) in [5.74, 6) is -0.334. The molecule has 1 fully saturated rings. The van der Waals surface area contributed by atoms with Crippen LogP contribution in [0, 0.1) is 25.2 Å². The quantitative estimate of drug-likeness (QED) is 0.319. The molecule has 3 aromatic rings. The van der Waals surface area contributed by atoms with Crippen molar-refractivity contribution in [2.45, 2.75) is 25.5 Å². The molecule has 1 saturated heterocycles. The summed E-state index contributed by atoms with van der Waals surface area (Å²) >= 11 is 7.24. The van der Waals surface area contributed by atoms with Crippen molar-refractivity contribution in [2.24, 2.45) is 0 Å².